The minimum absolute atomic E-state index is 0.0501. The molecule has 21 atom stereocenters. The van der Waals surface area contributed by atoms with E-state index in [1.807, 2.05) is 20.8 Å². The van der Waals surface area contributed by atoms with Crippen LogP contribution in [0.25, 0.3) is 0 Å². The summed E-state index contributed by atoms with van der Waals surface area (Å²) in [6, 6.07) is 0. The zero-order valence-electron chi connectivity index (χ0n) is 32.6. The molecule has 0 amide bonds. The fourth-order valence-electron chi connectivity index (χ4n) is 12.5. The fourth-order valence-corrected chi connectivity index (χ4v) is 12.5. The Kier molecular flexibility index (Phi) is 12.7. The monoisotopic (exact) mass is 760 g/mol. The Bertz CT molecular complexity index is 1230. The fraction of sp³-hybridized carbons (Fsp3) is 1.00. The van der Waals surface area contributed by atoms with Gasteiger partial charge in [-0.15, -0.1) is 0 Å². The normalized spacial score (nSPS) is 52.5. The molecule has 2 saturated heterocycles. The first-order chi connectivity index (χ1) is 25.0. The standard InChI is InChI=1S/C39H68O14/c1-18(2)24(51-36-33(30(45)25(16-40)52-36)53-35-32(49-7)31(46)26(48-6)17-50-35)9-8-19(3)20-14-22(42)34-37(20,4)13-11-27-38(5)12-10-21(41)29(44)28(38)23(43)15-39(27,34)47/h18-36,40-47H,8-17H2,1-7H3/t19-,20-,21?,22?,23?,24?,25+,26-,27-,28?,29?,30+,31+,32-,33-,34-,35+,36-,37-,38-,39+/m1/s1. The van der Waals surface area contributed by atoms with Crippen molar-refractivity contribution in [3.05, 3.63) is 0 Å². The summed E-state index contributed by atoms with van der Waals surface area (Å²) in [5.41, 5.74) is -2.26. The molecule has 14 heteroatoms. The number of hydrogen-bond donors (Lipinski definition) is 8. The molecule has 0 spiro atoms. The van der Waals surface area contributed by atoms with Gasteiger partial charge in [0.15, 0.2) is 12.6 Å². The second-order valence-corrected chi connectivity index (χ2v) is 18.3. The van der Waals surface area contributed by atoms with Gasteiger partial charge < -0.3 is 69.3 Å². The molecule has 0 aromatic heterocycles. The predicted octanol–water partition coefficient (Wildman–Crippen LogP) is 0.702. The average Bonchev–Trinajstić information content (AvgIpc) is 3.55. The molecule has 6 unspecified atom stereocenters. The molecule has 6 fully saturated rings. The van der Waals surface area contributed by atoms with Gasteiger partial charge in [0, 0.05) is 32.5 Å². The number of aliphatic hydroxyl groups is 8. The Morgan fingerprint density at radius 2 is 1.49 bits per heavy atom. The van der Waals surface area contributed by atoms with Crippen LogP contribution in [0.2, 0.25) is 0 Å². The SMILES string of the molecule is CO[C@H]1[C@H](O[C@H]2[C@H](OC(CC[C@@H](C)[C@H]3CC(O)[C@@H]4[C@]3(C)CC[C@H]3[C@@]4(O)CC(O)C4C(O)C(O)CC[C@@]43C)C(C)C)O[C@@H](CO)[C@@H]2O)OC[C@@H](OC)[C@@H]1O. The van der Waals surface area contributed by atoms with Crippen molar-refractivity contribution in [1.82, 2.24) is 0 Å². The molecule has 2 heterocycles. The summed E-state index contributed by atoms with van der Waals surface area (Å²) in [5, 5.41) is 89.2. The molecule has 0 aromatic carbocycles. The lowest BCUT2D eigenvalue weighted by Crippen LogP contribution is -2.70. The Balaban J connectivity index is 1.14. The lowest BCUT2D eigenvalue weighted by atomic mass is 9.41. The summed E-state index contributed by atoms with van der Waals surface area (Å²) in [4.78, 5) is 0. The van der Waals surface area contributed by atoms with E-state index in [-0.39, 0.29) is 48.2 Å². The lowest BCUT2D eigenvalue weighted by molar-refractivity contribution is -0.313. The number of ether oxygens (including phenoxy) is 6. The summed E-state index contributed by atoms with van der Waals surface area (Å²) in [5.74, 6) is -0.891. The van der Waals surface area contributed by atoms with E-state index in [4.69, 9.17) is 28.4 Å². The largest absolute Gasteiger partial charge is 0.394 e. The van der Waals surface area contributed by atoms with Crippen LogP contribution in [0.1, 0.15) is 86.0 Å². The van der Waals surface area contributed by atoms with Crippen LogP contribution in [0.5, 0.6) is 0 Å². The molecule has 4 saturated carbocycles. The van der Waals surface area contributed by atoms with Crippen molar-refractivity contribution >= 4 is 0 Å². The van der Waals surface area contributed by atoms with Crippen molar-refractivity contribution < 1.29 is 69.3 Å². The minimum Gasteiger partial charge on any atom is -0.394 e. The second-order valence-electron chi connectivity index (χ2n) is 18.3. The molecule has 0 radical (unpaired) electrons. The number of fused-ring (bicyclic) bond motifs is 5. The molecule has 0 bridgehead atoms. The molecule has 4 aliphatic carbocycles. The third kappa shape index (κ3) is 7.17. The summed E-state index contributed by atoms with van der Waals surface area (Å²) in [6.07, 6.45) is -7.34. The van der Waals surface area contributed by atoms with E-state index in [2.05, 4.69) is 13.8 Å². The maximum atomic E-state index is 12.7. The predicted molar refractivity (Wildman–Crippen MR) is 189 cm³/mol. The van der Waals surface area contributed by atoms with Crippen molar-refractivity contribution in [3.63, 3.8) is 0 Å². The van der Waals surface area contributed by atoms with E-state index in [0.717, 1.165) is 12.8 Å². The van der Waals surface area contributed by atoms with Gasteiger partial charge in [-0.25, -0.2) is 0 Å². The van der Waals surface area contributed by atoms with Crippen molar-refractivity contribution in [3.8, 4) is 0 Å². The van der Waals surface area contributed by atoms with Gasteiger partial charge >= 0.3 is 0 Å². The van der Waals surface area contributed by atoms with Crippen LogP contribution in [0.3, 0.4) is 0 Å². The topological polar surface area (TPSA) is 217 Å². The maximum Gasteiger partial charge on any atom is 0.187 e. The highest BCUT2D eigenvalue weighted by Gasteiger charge is 2.71. The highest BCUT2D eigenvalue weighted by molar-refractivity contribution is 5.21. The number of rotatable bonds is 12. The van der Waals surface area contributed by atoms with Gasteiger partial charge in [0.2, 0.25) is 0 Å². The Labute approximate surface area is 314 Å². The van der Waals surface area contributed by atoms with Crippen molar-refractivity contribution in [1.29, 1.82) is 0 Å². The van der Waals surface area contributed by atoms with E-state index < -0.39 is 103 Å². The third-order valence-electron chi connectivity index (χ3n) is 15.2. The van der Waals surface area contributed by atoms with E-state index in [1.54, 1.807) is 0 Å². The van der Waals surface area contributed by atoms with Crippen molar-refractivity contribution in [2.75, 3.05) is 27.4 Å². The molecule has 8 N–H and O–H groups in total. The minimum atomic E-state index is -1.31. The first-order valence-electron chi connectivity index (χ1n) is 20.0. The number of hydrogen-bond acceptors (Lipinski definition) is 14. The van der Waals surface area contributed by atoms with Crippen LogP contribution in [0, 0.1) is 46.3 Å². The molecule has 53 heavy (non-hydrogen) atoms. The molecule has 6 rings (SSSR count). The summed E-state index contributed by atoms with van der Waals surface area (Å²) >= 11 is 0. The summed E-state index contributed by atoms with van der Waals surface area (Å²) in [7, 11) is 2.89. The molecule has 0 aromatic rings. The van der Waals surface area contributed by atoms with Gasteiger partial charge in [0.25, 0.3) is 0 Å². The Morgan fingerprint density at radius 3 is 2.13 bits per heavy atom. The van der Waals surface area contributed by atoms with Gasteiger partial charge in [-0.2, -0.15) is 0 Å². The lowest BCUT2D eigenvalue weighted by Gasteiger charge is -2.66. The smallest absolute Gasteiger partial charge is 0.187 e. The first kappa shape index (κ1) is 42.1. The third-order valence-corrected chi connectivity index (χ3v) is 15.2. The van der Waals surface area contributed by atoms with Gasteiger partial charge in [0.1, 0.15) is 36.6 Å². The quantitative estimate of drug-likeness (QED) is 0.138. The highest BCUT2D eigenvalue weighted by atomic mass is 16.8. The van der Waals surface area contributed by atoms with Crippen LogP contribution in [0.15, 0.2) is 0 Å². The zero-order chi connectivity index (χ0) is 38.8. The summed E-state index contributed by atoms with van der Waals surface area (Å²) in [6.45, 7) is 10.1. The van der Waals surface area contributed by atoms with Gasteiger partial charge in [0.05, 0.1) is 49.3 Å². The highest BCUT2D eigenvalue weighted by Crippen LogP contribution is 2.70. The first-order valence-corrected chi connectivity index (χ1v) is 20.0. The number of methoxy groups -OCH3 is 2. The Morgan fingerprint density at radius 1 is 0.792 bits per heavy atom. The van der Waals surface area contributed by atoms with Crippen LogP contribution < -0.4 is 0 Å². The van der Waals surface area contributed by atoms with Crippen LogP contribution in [-0.4, -0.2) is 154 Å². The molecular formula is C39H68O14. The number of aliphatic hydroxyl groups excluding tert-OH is 7. The summed E-state index contributed by atoms with van der Waals surface area (Å²) < 4.78 is 35.4. The van der Waals surface area contributed by atoms with E-state index in [1.165, 1.54) is 14.2 Å². The van der Waals surface area contributed by atoms with Gasteiger partial charge in [-0.05, 0) is 79.4 Å². The van der Waals surface area contributed by atoms with Crippen LogP contribution in [0.4, 0.5) is 0 Å². The van der Waals surface area contributed by atoms with Crippen LogP contribution >= 0.6 is 0 Å². The van der Waals surface area contributed by atoms with E-state index in [9.17, 15) is 40.9 Å². The maximum absolute atomic E-state index is 12.7. The molecular weight excluding hydrogens is 692 g/mol. The van der Waals surface area contributed by atoms with Crippen molar-refractivity contribution in [2.45, 2.75) is 171 Å². The van der Waals surface area contributed by atoms with Crippen molar-refractivity contribution in [2.24, 2.45) is 46.3 Å². The molecule has 2 aliphatic heterocycles. The van der Waals surface area contributed by atoms with Gasteiger partial charge in [-0.1, -0.05) is 34.6 Å². The molecule has 6 aliphatic rings. The molecule has 308 valence electrons. The zero-order valence-corrected chi connectivity index (χ0v) is 32.6. The van der Waals surface area contributed by atoms with E-state index in [0.29, 0.717) is 32.1 Å². The van der Waals surface area contributed by atoms with E-state index >= 15 is 0 Å². The van der Waals surface area contributed by atoms with Crippen LogP contribution in [-0.2, 0) is 28.4 Å². The molecule has 14 nitrogen and oxygen atoms in total. The van der Waals surface area contributed by atoms with Gasteiger partial charge in [-0.3, -0.25) is 0 Å². The average molecular weight is 761 g/mol. The Hall–Kier alpha value is -0.560. The second kappa shape index (κ2) is 16.0.